The van der Waals surface area contributed by atoms with Gasteiger partial charge in [0.1, 0.15) is 195 Å². The number of hydrogen-bond acceptors (Lipinski definition) is 42. The first-order chi connectivity index (χ1) is 46.6. The van der Waals surface area contributed by atoms with E-state index in [9.17, 15) is 132 Å². The third-order valence-corrected chi connectivity index (χ3v) is 18.1. The predicted molar refractivity (Wildman–Crippen MR) is 293 cm³/mol. The van der Waals surface area contributed by atoms with E-state index in [4.69, 9.17) is 85.3 Å². The van der Waals surface area contributed by atoms with Gasteiger partial charge in [0, 0.05) is 0 Å². The molecule has 0 radical (unpaired) electrons. The number of aliphatic hydroxyl groups excluding tert-OH is 22. The van der Waals surface area contributed by atoms with E-state index < -0.39 is 336 Å². The molecule has 40 atom stereocenters. The van der Waals surface area contributed by atoms with Crippen LogP contribution in [0.2, 0.25) is 0 Å². The van der Waals surface area contributed by atoms with Gasteiger partial charge in [-0.1, -0.05) is 0 Å². The average molecular weight is 1440 g/mol. The second kappa shape index (κ2) is 35.0. The lowest BCUT2D eigenvalue weighted by Crippen LogP contribution is -2.69. The lowest BCUT2D eigenvalue weighted by molar-refractivity contribution is -0.405. The van der Waals surface area contributed by atoms with Crippen LogP contribution >= 0.6 is 0 Å². The number of hydrogen-bond donors (Lipinski definition) is 24. The molecule has 0 saturated carbocycles. The minimum Gasteiger partial charge on any atom is -0.481 e. The maximum Gasteiger partial charge on any atom is 0.305 e. The van der Waals surface area contributed by atoms with Crippen molar-refractivity contribution in [2.45, 2.75) is 258 Å². The van der Waals surface area contributed by atoms with Crippen molar-refractivity contribution in [3.63, 3.8) is 0 Å². The van der Waals surface area contributed by atoms with Crippen molar-refractivity contribution in [1.29, 1.82) is 0 Å². The van der Waals surface area contributed by atoms with Gasteiger partial charge in [-0.05, 0) is 0 Å². The summed E-state index contributed by atoms with van der Waals surface area (Å²) in [5.74, 6) is -2.78. The number of aliphatic carboxylic acids is 2. The number of carboxylic acid groups (broad SMARTS) is 2. The normalized spacial score (nSPS) is 50.8. The van der Waals surface area contributed by atoms with Gasteiger partial charge in [0.15, 0.2) is 50.3 Å². The quantitative estimate of drug-likeness (QED) is 0.0638. The summed E-state index contributed by atoms with van der Waals surface area (Å²) in [4.78, 5) is 23.2. The van der Waals surface area contributed by atoms with Crippen LogP contribution in [0.25, 0.3) is 0 Å². The van der Waals surface area contributed by atoms with Crippen LogP contribution in [-0.4, -0.2) is 446 Å². The Balaban J connectivity index is 1.02. The van der Waals surface area contributed by atoms with Gasteiger partial charge < -0.3 is 208 Å². The van der Waals surface area contributed by atoms with Gasteiger partial charge in [-0.15, -0.1) is 0 Å². The van der Waals surface area contributed by atoms with Crippen molar-refractivity contribution in [3.05, 3.63) is 0 Å². The van der Waals surface area contributed by atoms with Crippen LogP contribution in [-0.2, 0) is 94.9 Å². The molecule has 0 aliphatic carbocycles. The zero-order valence-corrected chi connectivity index (χ0v) is 51.5. The van der Waals surface area contributed by atoms with Crippen molar-refractivity contribution in [2.75, 3.05) is 66.1 Å². The molecule has 98 heavy (non-hydrogen) atoms. The van der Waals surface area contributed by atoms with E-state index in [0.29, 0.717) is 0 Å². The summed E-state index contributed by atoms with van der Waals surface area (Å²) < 4.78 is 104. The Morgan fingerprint density at radius 1 is 0.245 bits per heavy atom. The summed E-state index contributed by atoms with van der Waals surface area (Å²) in [6.45, 7) is -9.91. The highest BCUT2D eigenvalue weighted by molar-refractivity contribution is 5.67. The number of rotatable bonds is 16. The third kappa shape index (κ3) is 17.0. The lowest BCUT2D eigenvalue weighted by Gasteiger charge is -2.51. The molecule has 24 N–H and O–H groups in total. The van der Waals surface area contributed by atoms with Crippen LogP contribution < -0.4 is 0 Å². The van der Waals surface area contributed by atoms with Gasteiger partial charge in [-0.3, -0.25) is 9.59 Å². The van der Waals surface area contributed by atoms with Gasteiger partial charge in [0.25, 0.3) is 0 Å². The fourth-order valence-electron chi connectivity index (χ4n) is 12.7. The number of ether oxygens (including phenoxy) is 18. The van der Waals surface area contributed by atoms with Crippen LogP contribution in [0.15, 0.2) is 0 Å². The van der Waals surface area contributed by atoms with Crippen LogP contribution in [0.4, 0.5) is 0 Å². The van der Waals surface area contributed by atoms with Crippen molar-refractivity contribution >= 4 is 11.9 Å². The fraction of sp³-hybridized carbons (Fsp3) is 0.963. The predicted octanol–water partition coefficient (Wildman–Crippen LogP) is -16.4. The molecule has 30 aliphatic heterocycles. The highest BCUT2D eigenvalue weighted by Gasteiger charge is 2.61. The molecule has 30 fully saturated rings. The molecule has 44 nitrogen and oxygen atoms in total. The molecule has 30 aliphatic rings. The second-order valence-corrected chi connectivity index (χ2v) is 24.5. The van der Waals surface area contributed by atoms with E-state index in [-0.39, 0.29) is 0 Å². The van der Waals surface area contributed by atoms with Crippen molar-refractivity contribution in [1.82, 2.24) is 0 Å². The molecule has 0 aromatic heterocycles. The SMILES string of the molecule is O=C(O)CCOC[C@H]1O[C@@H]2O[C@H]3[C@H](O)[C@@H](O)[C@@H](O[C@H]4[C@H](O)[C@@H](O)[C@@H](O[C@H]5[C@H](O)[C@@H](O)[C@@H](O[C@H]6[C@H](O)[C@@H](O)[C@@H](O[C@H]7[C@H](O)[C@@H](O)[C@@H](O[C@H]8[C@H](O)[C@@H](O)[C@@H](O[C@H]9[C@H](O)[C@@H](O)[C@@H](O[C@H]1[C@H](O)[C@H]2OCCC(=O)O)O[C@@H]9CO)O[C@@H]8CO)O[C@@H]7CO)O[C@@H]6CO)O[C@@H]5CO)O[C@@H]4CO)O[C@@H]3CO. The summed E-state index contributed by atoms with van der Waals surface area (Å²) in [6.07, 6.45) is -84.9. The summed E-state index contributed by atoms with van der Waals surface area (Å²) >= 11 is 0. The summed E-state index contributed by atoms with van der Waals surface area (Å²) in [5.41, 5.74) is 0. The zero-order chi connectivity index (χ0) is 71.5. The number of carboxylic acids is 2. The van der Waals surface area contributed by atoms with Crippen LogP contribution in [0.3, 0.4) is 0 Å². The van der Waals surface area contributed by atoms with Crippen LogP contribution in [0.1, 0.15) is 12.8 Å². The van der Waals surface area contributed by atoms with E-state index in [1.807, 2.05) is 0 Å². The van der Waals surface area contributed by atoms with Gasteiger partial charge in [-0.2, -0.15) is 0 Å². The summed E-state index contributed by atoms with van der Waals surface area (Å²) in [6, 6.07) is 0. The molecule has 0 aromatic carbocycles. The molecular formula is C54H88O44. The maximum absolute atomic E-state index is 12.2. The Kier molecular flexibility index (Phi) is 28.3. The minimum atomic E-state index is -2.33. The minimum absolute atomic E-state index is 0.548. The number of carbonyl (C=O) groups is 2. The molecule has 0 spiro atoms. The Morgan fingerprint density at radius 2 is 0.439 bits per heavy atom. The fourth-order valence-corrected chi connectivity index (χ4v) is 12.7. The molecule has 0 aromatic rings. The van der Waals surface area contributed by atoms with E-state index in [1.54, 1.807) is 0 Å². The largest absolute Gasteiger partial charge is 0.481 e. The van der Waals surface area contributed by atoms with E-state index >= 15 is 0 Å². The standard InChI is InChI=1S/C54H88O44/c55-5-13-38-23(66)30(73)47(83-13)91-39-14(6-56)84-49(31(74)24(39)67)93-41-16(8-58)86-51(33(76)26(41)69)95-43-18(10-60)88-53(35(78)28(43)71)97-45-20(12-81-3-1-21(62)63)90-54(46(37(45)80)82-4-2-22(64)65)98-44-19(11-61)89-52(36(79)29(44)72)96-42-17(9-59)87-50(34(77)27(42)70)94-40-15(7-57)85-48(92-38)32(75)25(40)68/h13-20,23-61,66-80H,1-12H2,(H,62,63)(H,64,65)/t13-,14-,15-,16-,17-,18-,19-,20-,23-,24-,25-,26-,27-,28-,29-,30-,31-,32-,33-,34-,35-,36-,37+,38-,39-,40-,41-,42-,43-,44-,45-,46-,47-,48-,49-,50-,51-,52-,53-,54-/m1/s1. The monoisotopic (exact) mass is 1440 g/mol. The second-order valence-electron chi connectivity index (χ2n) is 24.5. The zero-order valence-electron chi connectivity index (χ0n) is 51.5. The first kappa shape index (κ1) is 79.5. The van der Waals surface area contributed by atoms with Crippen LogP contribution in [0.5, 0.6) is 0 Å². The molecule has 30 rings (SSSR count). The Morgan fingerprint density at radius 3 is 0.653 bits per heavy atom. The van der Waals surface area contributed by atoms with Crippen molar-refractivity contribution < 1.29 is 217 Å². The smallest absolute Gasteiger partial charge is 0.305 e. The average Bonchev–Trinajstić information content (AvgIpc) is 0.776. The maximum atomic E-state index is 12.2. The molecule has 30 saturated heterocycles. The lowest BCUT2D eigenvalue weighted by atomic mass is 9.94. The molecule has 0 amide bonds. The van der Waals surface area contributed by atoms with Gasteiger partial charge in [0.2, 0.25) is 0 Å². The van der Waals surface area contributed by atoms with Gasteiger partial charge >= 0.3 is 11.9 Å². The van der Waals surface area contributed by atoms with E-state index in [1.165, 1.54) is 0 Å². The van der Waals surface area contributed by atoms with Crippen molar-refractivity contribution in [3.8, 4) is 0 Å². The third-order valence-electron chi connectivity index (χ3n) is 18.1. The molecule has 44 heteroatoms. The Hall–Kier alpha value is -2.66. The van der Waals surface area contributed by atoms with Crippen molar-refractivity contribution in [2.24, 2.45) is 0 Å². The van der Waals surface area contributed by atoms with Gasteiger partial charge in [-0.25, -0.2) is 0 Å². The number of aliphatic hydroxyl groups is 22. The molecule has 568 valence electrons. The molecule has 30 heterocycles. The van der Waals surface area contributed by atoms with Gasteiger partial charge in [0.05, 0.1) is 78.9 Å². The summed E-state index contributed by atoms with van der Waals surface area (Å²) in [5, 5.41) is 266. The molecule has 16 bridgehead atoms. The molecule has 0 unspecified atom stereocenters. The Labute approximate surface area is 552 Å². The topological polar surface area (TPSA) is 686 Å². The van der Waals surface area contributed by atoms with Crippen LogP contribution in [0, 0.1) is 0 Å². The first-order valence-electron chi connectivity index (χ1n) is 31.2. The van der Waals surface area contributed by atoms with E-state index in [0.717, 1.165) is 0 Å². The summed E-state index contributed by atoms with van der Waals surface area (Å²) in [7, 11) is 0. The first-order valence-corrected chi connectivity index (χ1v) is 31.2. The highest BCUT2D eigenvalue weighted by atomic mass is 16.8. The highest BCUT2D eigenvalue weighted by Crippen LogP contribution is 2.40. The Bertz CT molecular complexity index is 2450. The van der Waals surface area contributed by atoms with E-state index in [2.05, 4.69) is 0 Å². The molecular weight excluding hydrogens is 1350 g/mol.